The number of hydrogen-bond donors (Lipinski definition) is 0. The predicted octanol–water partition coefficient (Wildman–Crippen LogP) is 6.55. The molecule has 30 heavy (non-hydrogen) atoms. The lowest BCUT2D eigenvalue weighted by Crippen LogP contribution is -2.43. The van der Waals surface area contributed by atoms with Crippen molar-refractivity contribution in [3.05, 3.63) is 78.5 Å². The standard InChI is InChI=1S/C28H34N2/c1-2-24-21-29(28-12-7-6-11-27(24)28)17-8-18-30-25-15-16-26(30)20-23(19-25)14-13-22-9-4-3-5-10-22/h2-7,9-12,21,23,25-26H,1,8,13-20H2. The summed E-state index contributed by atoms with van der Waals surface area (Å²) in [4.78, 5) is 2.86. The van der Waals surface area contributed by atoms with Crippen molar-refractivity contribution in [3.8, 4) is 0 Å². The second-order valence-corrected chi connectivity index (χ2v) is 9.34. The molecule has 3 heterocycles. The molecule has 2 fully saturated rings. The van der Waals surface area contributed by atoms with Crippen LogP contribution in [0.1, 0.15) is 49.7 Å². The van der Waals surface area contributed by atoms with Crippen molar-refractivity contribution >= 4 is 17.0 Å². The third kappa shape index (κ3) is 3.98. The van der Waals surface area contributed by atoms with Crippen LogP contribution in [0.15, 0.2) is 67.4 Å². The van der Waals surface area contributed by atoms with E-state index in [2.05, 4.69) is 76.8 Å². The lowest BCUT2D eigenvalue weighted by Gasteiger charge is -2.39. The molecule has 3 aromatic rings. The summed E-state index contributed by atoms with van der Waals surface area (Å²) in [6, 6.07) is 21.4. The van der Waals surface area contributed by atoms with E-state index in [1.165, 1.54) is 73.5 Å². The van der Waals surface area contributed by atoms with Crippen LogP contribution < -0.4 is 0 Å². The van der Waals surface area contributed by atoms with E-state index < -0.39 is 0 Å². The molecule has 0 saturated carbocycles. The molecule has 2 unspecified atom stereocenters. The average molecular weight is 399 g/mol. The van der Waals surface area contributed by atoms with Crippen molar-refractivity contribution in [1.29, 1.82) is 0 Å². The summed E-state index contributed by atoms with van der Waals surface area (Å²) < 4.78 is 2.43. The topological polar surface area (TPSA) is 8.17 Å². The Labute approximate surface area is 181 Å². The third-order valence-corrected chi connectivity index (χ3v) is 7.52. The summed E-state index contributed by atoms with van der Waals surface area (Å²) in [6.07, 6.45) is 13.8. The zero-order valence-corrected chi connectivity index (χ0v) is 18.0. The fourth-order valence-electron chi connectivity index (χ4n) is 6.05. The Morgan fingerprint density at radius 2 is 1.63 bits per heavy atom. The molecule has 2 heteroatoms. The van der Waals surface area contributed by atoms with Crippen molar-refractivity contribution in [2.75, 3.05) is 6.54 Å². The second-order valence-electron chi connectivity index (χ2n) is 9.34. The van der Waals surface area contributed by atoms with Gasteiger partial charge in [-0.2, -0.15) is 0 Å². The van der Waals surface area contributed by atoms with Crippen LogP contribution in [0.4, 0.5) is 0 Å². The van der Waals surface area contributed by atoms with E-state index in [-0.39, 0.29) is 0 Å². The molecule has 0 amide bonds. The highest BCUT2D eigenvalue weighted by molar-refractivity contribution is 5.89. The van der Waals surface area contributed by atoms with Crippen LogP contribution in [0.25, 0.3) is 17.0 Å². The fraction of sp³-hybridized carbons (Fsp3) is 0.429. The Hall–Kier alpha value is -2.32. The van der Waals surface area contributed by atoms with Gasteiger partial charge in [-0.1, -0.05) is 61.2 Å². The molecule has 2 saturated heterocycles. The molecule has 2 aliphatic heterocycles. The van der Waals surface area contributed by atoms with Gasteiger partial charge in [-0.15, -0.1) is 0 Å². The molecular weight excluding hydrogens is 364 g/mol. The van der Waals surface area contributed by atoms with Crippen molar-refractivity contribution < 1.29 is 0 Å². The summed E-state index contributed by atoms with van der Waals surface area (Å²) in [5.74, 6) is 0.919. The molecule has 0 radical (unpaired) electrons. The molecule has 1 aromatic heterocycles. The minimum absolute atomic E-state index is 0.828. The highest BCUT2D eigenvalue weighted by Gasteiger charge is 2.39. The van der Waals surface area contributed by atoms with Crippen LogP contribution in [0, 0.1) is 5.92 Å². The van der Waals surface area contributed by atoms with Gasteiger partial charge >= 0.3 is 0 Å². The first kappa shape index (κ1) is 19.6. The van der Waals surface area contributed by atoms with Gasteiger partial charge in [0.1, 0.15) is 0 Å². The van der Waals surface area contributed by atoms with Gasteiger partial charge in [-0.25, -0.2) is 0 Å². The minimum atomic E-state index is 0.828. The molecule has 156 valence electrons. The monoisotopic (exact) mass is 398 g/mol. The molecular formula is C28H34N2. The van der Waals surface area contributed by atoms with Gasteiger partial charge in [0, 0.05) is 42.3 Å². The first-order chi connectivity index (χ1) is 14.8. The predicted molar refractivity (Wildman–Crippen MR) is 128 cm³/mol. The lowest BCUT2D eigenvalue weighted by molar-refractivity contribution is 0.0978. The van der Waals surface area contributed by atoms with E-state index in [1.807, 2.05) is 6.08 Å². The maximum absolute atomic E-state index is 4.00. The largest absolute Gasteiger partial charge is 0.347 e. The highest BCUT2D eigenvalue weighted by atomic mass is 15.2. The Morgan fingerprint density at radius 1 is 0.900 bits per heavy atom. The summed E-state index contributed by atoms with van der Waals surface area (Å²) in [6.45, 7) is 6.34. The van der Waals surface area contributed by atoms with Crippen LogP contribution in [0.2, 0.25) is 0 Å². The van der Waals surface area contributed by atoms with E-state index in [9.17, 15) is 0 Å². The van der Waals surface area contributed by atoms with Crippen LogP contribution in [0.3, 0.4) is 0 Å². The van der Waals surface area contributed by atoms with Gasteiger partial charge in [0.05, 0.1) is 0 Å². The van der Waals surface area contributed by atoms with Crippen molar-refractivity contribution in [2.24, 2.45) is 5.92 Å². The molecule has 2 bridgehead atoms. The lowest BCUT2D eigenvalue weighted by atomic mass is 9.86. The summed E-state index contributed by atoms with van der Waals surface area (Å²) in [5.41, 5.74) is 4.10. The summed E-state index contributed by atoms with van der Waals surface area (Å²) in [7, 11) is 0. The number of fused-ring (bicyclic) bond motifs is 3. The number of aromatic nitrogens is 1. The quantitative estimate of drug-likeness (QED) is 0.418. The SMILES string of the molecule is C=Cc1cn(CCCN2C3CCC2CC(CCc2ccccc2)C3)c2ccccc12. The summed E-state index contributed by atoms with van der Waals surface area (Å²) >= 11 is 0. The van der Waals surface area contributed by atoms with Crippen molar-refractivity contribution in [1.82, 2.24) is 9.47 Å². The smallest absolute Gasteiger partial charge is 0.0486 e. The Kier molecular flexibility index (Phi) is 5.77. The van der Waals surface area contributed by atoms with Crippen molar-refractivity contribution in [2.45, 2.75) is 63.6 Å². The Balaban J connectivity index is 1.15. The van der Waals surface area contributed by atoms with Gasteiger partial charge in [0.2, 0.25) is 0 Å². The number of nitrogens with zero attached hydrogens (tertiary/aromatic N) is 2. The molecule has 2 nitrogen and oxygen atoms in total. The van der Waals surface area contributed by atoms with Gasteiger partial charge in [-0.3, -0.25) is 4.90 Å². The zero-order chi connectivity index (χ0) is 20.3. The van der Waals surface area contributed by atoms with E-state index in [0.717, 1.165) is 24.5 Å². The zero-order valence-electron chi connectivity index (χ0n) is 18.0. The normalized spacial score (nSPS) is 23.8. The average Bonchev–Trinajstić information content (AvgIpc) is 3.26. The molecule has 0 aliphatic carbocycles. The van der Waals surface area contributed by atoms with E-state index >= 15 is 0 Å². The van der Waals surface area contributed by atoms with Gasteiger partial charge < -0.3 is 4.57 Å². The van der Waals surface area contributed by atoms with E-state index in [4.69, 9.17) is 0 Å². The number of rotatable bonds is 8. The number of aryl methyl sites for hydroxylation is 2. The molecule has 2 atom stereocenters. The number of piperidine rings is 1. The first-order valence-corrected chi connectivity index (χ1v) is 11.8. The van der Waals surface area contributed by atoms with Crippen LogP contribution >= 0.6 is 0 Å². The molecule has 0 N–H and O–H groups in total. The highest BCUT2D eigenvalue weighted by Crippen LogP contribution is 2.40. The third-order valence-electron chi connectivity index (χ3n) is 7.52. The Morgan fingerprint density at radius 3 is 2.40 bits per heavy atom. The van der Waals surface area contributed by atoms with Gasteiger partial charge in [-0.05, 0) is 68.1 Å². The van der Waals surface area contributed by atoms with E-state index in [1.54, 1.807) is 0 Å². The molecule has 2 aromatic carbocycles. The maximum atomic E-state index is 4.00. The van der Waals surface area contributed by atoms with Gasteiger partial charge in [0.25, 0.3) is 0 Å². The van der Waals surface area contributed by atoms with Crippen LogP contribution in [0.5, 0.6) is 0 Å². The number of hydrogen-bond acceptors (Lipinski definition) is 1. The molecule has 5 rings (SSSR count). The first-order valence-electron chi connectivity index (χ1n) is 11.8. The summed E-state index contributed by atoms with van der Waals surface area (Å²) in [5, 5.41) is 1.33. The number of benzene rings is 2. The Bertz CT molecular complexity index is 972. The fourth-order valence-corrected chi connectivity index (χ4v) is 6.05. The number of para-hydroxylation sites is 1. The van der Waals surface area contributed by atoms with Crippen LogP contribution in [-0.4, -0.2) is 28.1 Å². The minimum Gasteiger partial charge on any atom is -0.347 e. The van der Waals surface area contributed by atoms with Crippen LogP contribution in [-0.2, 0) is 13.0 Å². The molecule has 2 aliphatic rings. The maximum Gasteiger partial charge on any atom is 0.0486 e. The van der Waals surface area contributed by atoms with E-state index in [0.29, 0.717) is 0 Å². The van der Waals surface area contributed by atoms with Gasteiger partial charge in [0.15, 0.2) is 0 Å². The van der Waals surface area contributed by atoms with Crippen molar-refractivity contribution in [3.63, 3.8) is 0 Å². The molecule has 0 spiro atoms. The second kappa shape index (κ2) is 8.81.